The molecule has 1 aliphatic heterocycles. The van der Waals surface area contributed by atoms with E-state index in [2.05, 4.69) is 5.32 Å². The molecule has 0 radical (unpaired) electrons. The highest BCUT2D eigenvalue weighted by molar-refractivity contribution is 5.97. The van der Waals surface area contributed by atoms with Crippen LogP contribution in [0.4, 0.5) is 0 Å². The molecular formula is C16H15NO4. The predicted octanol–water partition coefficient (Wildman–Crippen LogP) is 2.35. The van der Waals surface area contributed by atoms with E-state index in [9.17, 15) is 15.0 Å². The largest absolute Gasteiger partial charge is 0.508 e. The van der Waals surface area contributed by atoms with Gasteiger partial charge in [-0.3, -0.25) is 4.79 Å². The molecule has 5 heteroatoms. The van der Waals surface area contributed by atoms with Crippen molar-refractivity contribution in [2.24, 2.45) is 0 Å². The first-order valence-corrected chi connectivity index (χ1v) is 6.70. The molecule has 0 saturated carbocycles. The molecule has 0 spiro atoms. The van der Waals surface area contributed by atoms with Crippen molar-refractivity contribution in [3.05, 3.63) is 53.6 Å². The van der Waals surface area contributed by atoms with E-state index >= 15 is 0 Å². The van der Waals surface area contributed by atoms with Crippen LogP contribution in [0, 0.1) is 0 Å². The lowest BCUT2D eigenvalue weighted by molar-refractivity contribution is 0.0922. The number of amides is 1. The summed E-state index contributed by atoms with van der Waals surface area (Å²) in [7, 11) is 0. The highest BCUT2D eigenvalue weighted by Gasteiger charge is 2.24. The van der Waals surface area contributed by atoms with E-state index in [1.807, 2.05) is 24.3 Å². The van der Waals surface area contributed by atoms with Gasteiger partial charge in [-0.05, 0) is 18.2 Å². The fourth-order valence-electron chi connectivity index (χ4n) is 2.44. The third-order valence-corrected chi connectivity index (χ3v) is 3.49. The van der Waals surface area contributed by atoms with Crippen molar-refractivity contribution in [2.45, 2.75) is 12.5 Å². The summed E-state index contributed by atoms with van der Waals surface area (Å²) in [5.74, 6) is 0.0616. The number of phenols is 2. The number of carbonyl (C=O) groups is 1. The third-order valence-electron chi connectivity index (χ3n) is 3.49. The smallest absolute Gasteiger partial charge is 0.255 e. The fourth-order valence-corrected chi connectivity index (χ4v) is 2.44. The Hall–Kier alpha value is -2.69. The van der Waals surface area contributed by atoms with Gasteiger partial charge in [0.15, 0.2) is 0 Å². The molecule has 3 rings (SSSR count). The van der Waals surface area contributed by atoms with Crippen LogP contribution in [0.25, 0.3) is 0 Å². The average Bonchev–Trinajstić information content (AvgIpc) is 2.47. The highest BCUT2D eigenvalue weighted by atomic mass is 16.5. The summed E-state index contributed by atoms with van der Waals surface area (Å²) in [6.07, 6.45) is 0.668. The van der Waals surface area contributed by atoms with Gasteiger partial charge in [0.1, 0.15) is 17.2 Å². The van der Waals surface area contributed by atoms with Gasteiger partial charge in [-0.2, -0.15) is 0 Å². The molecule has 0 unspecified atom stereocenters. The van der Waals surface area contributed by atoms with Crippen LogP contribution in [0.15, 0.2) is 42.5 Å². The summed E-state index contributed by atoms with van der Waals surface area (Å²) >= 11 is 0. The van der Waals surface area contributed by atoms with E-state index in [-0.39, 0.29) is 29.0 Å². The Morgan fingerprint density at radius 1 is 1.19 bits per heavy atom. The molecule has 5 nitrogen and oxygen atoms in total. The number of aromatic hydroxyl groups is 2. The van der Waals surface area contributed by atoms with Gasteiger partial charge < -0.3 is 20.3 Å². The topological polar surface area (TPSA) is 78.8 Å². The van der Waals surface area contributed by atoms with Crippen molar-refractivity contribution in [1.29, 1.82) is 0 Å². The Balaban J connectivity index is 1.83. The quantitative estimate of drug-likeness (QED) is 0.791. The molecule has 0 saturated heterocycles. The van der Waals surface area contributed by atoms with Crippen LogP contribution >= 0.6 is 0 Å². The minimum absolute atomic E-state index is 0.0829. The van der Waals surface area contributed by atoms with E-state index < -0.39 is 0 Å². The molecule has 0 fully saturated rings. The second kappa shape index (κ2) is 5.36. The van der Waals surface area contributed by atoms with Gasteiger partial charge in [0.25, 0.3) is 5.91 Å². The number of hydrogen-bond donors (Lipinski definition) is 3. The standard InChI is InChI=1S/C16H15NO4/c18-10-5-6-12(14(19)9-10)16(20)17-13-7-8-21-15-4-2-1-3-11(13)15/h1-6,9,13,18-19H,7-8H2,(H,17,20)/t13-/m1/s1. The molecule has 0 aromatic heterocycles. The van der Waals surface area contributed by atoms with Crippen molar-refractivity contribution < 1.29 is 19.7 Å². The van der Waals surface area contributed by atoms with Crippen molar-refractivity contribution in [3.8, 4) is 17.2 Å². The number of nitrogens with one attached hydrogen (secondary N) is 1. The summed E-state index contributed by atoms with van der Waals surface area (Å²) in [5, 5.41) is 21.9. The SMILES string of the molecule is O=C(N[C@@H]1CCOc2ccccc21)c1ccc(O)cc1O. The van der Waals surface area contributed by atoms with Gasteiger partial charge in [-0.15, -0.1) is 0 Å². The second-order valence-electron chi connectivity index (χ2n) is 4.90. The molecule has 3 N–H and O–H groups in total. The minimum atomic E-state index is -0.380. The molecule has 1 heterocycles. The molecule has 0 bridgehead atoms. The first-order chi connectivity index (χ1) is 10.1. The van der Waals surface area contributed by atoms with Crippen molar-refractivity contribution in [1.82, 2.24) is 5.32 Å². The molecule has 0 aliphatic carbocycles. The Labute approximate surface area is 121 Å². The molecule has 1 amide bonds. The van der Waals surface area contributed by atoms with E-state index in [0.717, 1.165) is 17.4 Å². The molecule has 1 aliphatic rings. The molecule has 21 heavy (non-hydrogen) atoms. The van der Waals surface area contributed by atoms with Crippen LogP contribution in [0.3, 0.4) is 0 Å². The lowest BCUT2D eigenvalue weighted by Crippen LogP contribution is -2.32. The number of fused-ring (bicyclic) bond motifs is 1. The van der Waals surface area contributed by atoms with Crippen LogP contribution in [0.1, 0.15) is 28.4 Å². The predicted molar refractivity (Wildman–Crippen MR) is 76.5 cm³/mol. The monoisotopic (exact) mass is 285 g/mol. The summed E-state index contributed by atoms with van der Waals surface area (Å²) < 4.78 is 5.55. The second-order valence-corrected chi connectivity index (χ2v) is 4.90. The number of para-hydroxylation sites is 1. The van der Waals surface area contributed by atoms with Crippen LogP contribution < -0.4 is 10.1 Å². The first kappa shape index (κ1) is 13.3. The number of phenolic OH excluding ortho intramolecular Hbond substituents is 2. The highest BCUT2D eigenvalue weighted by Crippen LogP contribution is 2.32. The lowest BCUT2D eigenvalue weighted by Gasteiger charge is -2.26. The van der Waals surface area contributed by atoms with E-state index in [1.54, 1.807) is 0 Å². The maximum atomic E-state index is 12.3. The summed E-state index contributed by atoms with van der Waals surface area (Å²) in [5.41, 5.74) is 1.06. The average molecular weight is 285 g/mol. The van der Waals surface area contributed by atoms with Crippen molar-refractivity contribution in [2.75, 3.05) is 6.61 Å². The van der Waals surface area contributed by atoms with E-state index in [4.69, 9.17) is 4.74 Å². The Morgan fingerprint density at radius 3 is 2.81 bits per heavy atom. The van der Waals surface area contributed by atoms with Crippen LogP contribution in [0.5, 0.6) is 17.2 Å². The number of carbonyl (C=O) groups excluding carboxylic acids is 1. The van der Waals surface area contributed by atoms with E-state index in [1.165, 1.54) is 12.1 Å². The number of hydrogen-bond acceptors (Lipinski definition) is 4. The zero-order chi connectivity index (χ0) is 14.8. The zero-order valence-electron chi connectivity index (χ0n) is 11.2. The third kappa shape index (κ3) is 2.63. The molecular weight excluding hydrogens is 270 g/mol. The maximum Gasteiger partial charge on any atom is 0.255 e. The normalized spacial score (nSPS) is 16.7. The first-order valence-electron chi connectivity index (χ1n) is 6.70. The van der Waals surface area contributed by atoms with E-state index in [0.29, 0.717) is 13.0 Å². The molecule has 2 aromatic rings. The summed E-state index contributed by atoms with van der Waals surface area (Å²) in [6.45, 7) is 0.531. The zero-order valence-corrected chi connectivity index (χ0v) is 11.2. The Kier molecular flexibility index (Phi) is 3.39. The van der Waals surface area contributed by atoms with Crippen LogP contribution in [-0.2, 0) is 0 Å². The van der Waals surface area contributed by atoms with Gasteiger partial charge in [0.05, 0.1) is 18.2 Å². The number of rotatable bonds is 2. The lowest BCUT2D eigenvalue weighted by atomic mass is 10.00. The minimum Gasteiger partial charge on any atom is -0.508 e. The van der Waals surface area contributed by atoms with Crippen molar-refractivity contribution in [3.63, 3.8) is 0 Å². The van der Waals surface area contributed by atoms with Gasteiger partial charge in [0.2, 0.25) is 0 Å². The summed E-state index contributed by atoms with van der Waals surface area (Å²) in [4.78, 5) is 12.3. The number of benzene rings is 2. The van der Waals surface area contributed by atoms with Crippen LogP contribution in [-0.4, -0.2) is 22.7 Å². The van der Waals surface area contributed by atoms with Crippen LogP contribution in [0.2, 0.25) is 0 Å². The van der Waals surface area contributed by atoms with Gasteiger partial charge >= 0.3 is 0 Å². The maximum absolute atomic E-state index is 12.3. The van der Waals surface area contributed by atoms with Gasteiger partial charge in [0, 0.05) is 18.1 Å². The van der Waals surface area contributed by atoms with Crippen molar-refractivity contribution >= 4 is 5.91 Å². The summed E-state index contributed by atoms with van der Waals surface area (Å²) in [6, 6.07) is 11.3. The fraction of sp³-hybridized carbons (Fsp3) is 0.188. The molecule has 2 aromatic carbocycles. The Bertz CT molecular complexity index is 684. The van der Waals surface area contributed by atoms with Gasteiger partial charge in [-0.1, -0.05) is 18.2 Å². The Morgan fingerprint density at radius 2 is 2.00 bits per heavy atom. The molecule has 108 valence electrons. The van der Waals surface area contributed by atoms with Gasteiger partial charge in [-0.25, -0.2) is 0 Å². The number of ether oxygens (including phenoxy) is 1. The molecule has 1 atom stereocenters.